The van der Waals surface area contributed by atoms with E-state index < -0.39 is 11.5 Å². The van der Waals surface area contributed by atoms with E-state index in [-0.39, 0.29) is 18.0 Å². The molecule has 6 nitrogen and oxygen atoms in total. The van der Waals surface area contributed by atoms with Gasteiger partial charge in [0.2, 0.25) is 5.91 Å². The smallest absolute Gasteiger partial charge is 0.264 e. The Hall–Kier alpha value is -2.89. The molecule has 1 aromatic heterocycles. The van der Waals surface area contributed by atoms with Gasteiger partial charge in [0.1, 0.15) is 12.1 Å². The summed E-state index contributed by atoms with van der Waals surface area (Å²) in [6.07, 6.45) is 0. The van der Waals surface area contributed by atoms with E-state index in [9.17, 15) is 14.4 Å². The summed E-state index contributed by atoms with van der Waals surface area (Å²) in [4.78, 5) is 36.5. The van der Waals surface area contributed by atoms with Crippen molar-refractivity contribution in [2.24, 2.45) is 5.73 Å². The van der Waals surface area contributed by atoms with E-state index in [0.29, 0.717) is 11.3 Å². The van der Waals surface area contributed by atoms with Crippen molar-refractivity contribution in [3.63, 3.8) is 0 Å². The number of benzene rings is 1. The van der Waals surface area contributed by atoms with E-state index in [2.05, 4.69) is 5.32 Å². The van der Waals surface area contributed by atoms with Crippen LogP contribution in [0.4, 0.5) is 5.69 Å². The van der Waals surface area contributed by atoms with Gasteiger partial charge in [-0.1, -0.05) is 17.7 Å². The van der Waals surface area contributed by atoms with Gasteiger partial charge in [-0.15, -0.1) is 0 Å². The van der Waals surface area contributed by atoms with Gasteiger partial charge in [0.25, 0.3) is 11.5 Å². The summed E-state index contributed by atoms with van der Waals surface area (Å²) in [5, 5.41) is 2.86. The summed E-state index contributed by atoms with van der Waals surface area (Å²) in [5.74, 6) is -1.12. The number of nitrogens with zero attached hydrogens (tertiary/aromatic N) is 1. The number of nitrogens with one attached hydrogen (secondary N) is 1. The Kier molecular flexibility index (Phi) is 5.11. The Morgan fingerprint density at radius 2 is 1.56 bits per heavy atom. The predicted octanol–water partition coefficient (Wildman–Crippen LogP) is 2.13. The second kappa shape index (κ2) is 6.93. The quantitative estimate of drug-likeness (QED) is 0.892. The largest absolute Gasteiger partial charge is 0.365 e. The summed E-state index contributed by atoms with van der Waals surface area (Å²) in [7, 11) is 0. The number of anilines is 1. The highest BCUT2D eigenvalue weighted by Crippen LogP contribution is 2.21. The number of hydrogen-bond donors (Lipinski definition) is 2. The minimum Gasteiger partial charge on any atom is -0.365 e. The van der Waals surface area contributed by atoms with E-state index in [4.69, 9.17) is 5.73 Å². The van der Waals surface area contributed by atoms with Crippen molar-refractivity contribution in [2.75, 3.05) is 5.32 Å². The SMILES string of the molecule is Cc1cc(C)c(NC(=O)Cn2c(C)cc(C)c(C(N)=O)c2=O)c(C)c1. The maximum atomic E-state index is 12.5. The van der Waals surface area contributed by atoms with Gasteiger partial charge in [-0.2, -0.15) is 0 Å². The maximum absolute atomic E-state index is 12.5. The molecule has 0 saturated carbocycles. The molecule has 0 aliphatic carbocycles. The van der Waals surface area contributed by atoms with E-state index in [1.165, 1.54) is 4.57 Å². The Balaban J connectivity index is 2.35. The molecular weight excluding hydrogens is 318 g/mol. The molecule has 0 bridgehead atoms. The van der Waals surface area contributed by atoms with Gasteiger partial charge in [-0.05, 0) is 57.4 Å². The summed E-state index contributed by atoms with van der Waals surface area (Å²) in [6.45, 7) is 9.02. The van der Waals surface area contributed by atoms with Gasteiger partial charge in [0.05, 0.1) is 0 Å². The molecule has 2 amide bonds. The van der Waals surface area contributed by atoms with Gasteiger partial charge in [-0.25, -0.2) is 0 Å². The first-order chi connectivity index (χ1) is 11.6. The molecule has 0 radical (unpaired) electrons. The van der Waals surface area contributed by atoms with Crippen LogP contribution in [0.15, 0.2) is 23.0 Å². The second-order valence-electron chi connectivity index (χ2n) is 6.42. The van der Waals surface area contributed by atoms with Crippen LogP contribution in [0.1, 0.15) is 38.3 Å². The molecule has 2 aromatic rings. The maximum Gasteiger partial charge on any atom is 0.264 e. The van der Waals surface area contributed by atoms with Crippen LogP contribution in [0.2, 0.25) is 0 Å². The zero-order chi connectivity index (χ0) is 18.9. The third-order valence-electron chi connectivity index (χ3n) is 4.19. The highest BCUT2D eigenvalue weighted by Gasteiger charge is 2.17. The normalized spacial score (nSPS) is 10.6. The van der Waals surface area contributed by atoms with Crippen LogP contribution >= 0.6 is 0 Å². The fraction of sp³-hybridized carbons (Fsp3) is 0.316. The lowest BCUT2D eigenvalue weighted by Gasteiger charge is -2.15. The minimum atomic E-state index is -0.790. The average molecular weight is 341 g/mol. The van der Waals surface area contributed by atoms with E-state index in [0.717, 1.165) is 22.4 Å². The van der Waals surface area contributed by atoms with Crippen molar-refractivity contribution in [1.82, 2.24) is 4.57 Å². The van der Waals surface area contributed by atoms with Crippen LogP contribution in [0.25, 0.3) is 0 Å². The van der Waals surface area contributed by atoms with Crippen LogP contribution in [0.5, 0.6) is 0 Å². The van der Waals surface area contributed by atoms with Gasteiger partial charge >= 0.3 is 0 Å². The molecule has 6 heteroatoms. The molecule has 0 aliphatic heterocycles. The number of primary amides is 1. The van der Waals surface area contributed by atoms with Gasteiger partial charge in [0.15, 0.2) is 0 Å². The van der Waals surface area contributed by atoms with E-state index in [1.54, 1.807) is 19.9 Å². The number of aryl methyl sites for hydroxylation is 5. The molecule has 132 valence electrons. The zero-order valence-electron chi connectivity index (χ0n) is 15.2. The molecule has 0 fully saturated rings. The third kappa shape index (κ3) is 3.79. The number of carbonyl (C=O) groups is 2. The highest BCUT2D eigenvalue weighted by molar-refractivity contribution is 5.94. The Morgan fingerprint density at radius 1 is 1.00 bits per heavy atom. The Morgan fingerprint density at radius 3 is 2.08 bits per heavy atom. The number of pyridine rings is 1. The van der Waals surface area contributed by atoms with E-state index >= 15 is 0 Å². The van der Waals surface area contributed by atoms with Gasteiger partial charge < -0.3 is 15.6 Å². The number of rotatable bonds is 4. The lowest BCUT2D eigenvalue weighted by Crippen LogP contribution is -2.35. The summed E-state index contributed by atoms with van der Waals surface area (Å²) in [6, 6.07) is 5.64. The first-order valence-electron chi connectivity index (χ1n) is 8.00. The minimum absolute atomic E-state index is 0.0823. The van der Waals surface area contributed by atoms with Crippen molar-refractivity contribution in [3.05, 3.63) is 62.1 Å². The first-order valence-corrected chi connectivity index (χ1v) is 8.00. The van der Waals surface area contributed by atoms with Crippen molar-refractivity contribution < 1.29 is 9.59 Å². The number of hydrogen-bond acceptors (Lipinski definition) is 3. The number of carbonyl (C=O) groups excluding carboxylic acids is 2. The van der Waals surface area contributed by atoms with Crippen molar-refractivity contribution in [2.45, 2.75) is 41.2 Å². The second-order valence-corrected chi connectivity index (χ2v) is 6.42. The molecule has 3 N–H and O–H groups in total. The van der Waals surface area contributed by atoms with Crippen LogP contribution in [-0.4, -0.2) is 16.4 Å². The molecule has 0 spiro atoms. The molecular formula is C19H23N3O3. The van der Waals surface area contributed by atoms with Crippen LogP contribution in [-0.2, 0) is 11.3 Å². The lowest BCUT2D eigenvalue weighted by molar-refractivity contribution is -0.116. The summed E-state index contributed by atoms with van der Waals surface area (Å²) >= 11 is 0. The average Bonchev–Trinajstić information content (AvgIpc) is 2.46. The fourth-order valence-corrected chi connectivity index (χ4v) is 3.12. The van der Waals surface area contributed by atoms with Crippen LogP contribution in [0.3, 0.4) is 0 Å². The molecule has 25 heavy (non-hydrogen) atoms. The standard InChI is InChI=1S/C19H23N3O3/c1-10-6-12(3)17(13(4)7-10)21-15(23)9-22-14(5)8-11(2)16(18(20)24)19(22)25/h6-8H,9H2,1-5H3,(H2,20,24)(H,21,23). The van der Waals surface area contributed by atoms with Crippen LogP contribution < -0.4 is 16.6 Å². The van der Waals surface area contributed by atoms with Crippen molar-refractivity contribution in [1.29, 1.82) is 0 Å². The zero-order valence-corrected chi connectivity index (χ0v) is 15.2. The fourth-order valence-electron chi connectivity index (χ4n) is 3.12. The van der Waals surface area contributed by atoms with E-state index in [1.807, 2.05) is 32.9 Å². The van der Waals surface area contributed by atoms with Crippen LogP contribution in [0, 0.1) is 34.6 Å². The highest BCUT2D eigenvalue weighted by atomic mass is 16.2. The third-order valence-corrected chi connectivity index (χ3v) is 4.19. The predicted molar refractivity (Wildman–Crippen MR) is 98.0 cm³/mol. The molecule has 0 saturated heterocycles. The monoisotopic (exact) mass is 341 g/mol. The Bertz CT molecular complexity index is 903. The molecule has 2 rings (SSSR count). The summed E-state index contributed by atoms with van der Waals surface area (Å²) < 4.78 is 1.27. The van der Waals surface area contributed by atoms with Gasteiger partial charge in [-0.3, -0.25) is 14.4 Å². The van der Waals surface area contributed by atoms with Crippen molar-refractivity contribution in [3.8, 4) is 0 Å². The molecule has 1 heterocycles. The lowest BCUT2D eigenvalue weighted by atomic mass is 10.1. The molecule has 0 atom stereocenters. The molecule has 1 aromatic carbocycles. The Labute approximate surface area is 146 Å². The van der Waals surface area contributed by atoms with Crippen molar-refractivity contribution >= 4 is 17.5 Å². The number of amides is 2. The number of nitrogens with two attached hydrogens (primary N) is 1. The van der Waals surface area contributed by atoms with Gasteiger partial charge in [0, 0.05) is 11.4 Å². The molecule has 0 unspecified atom stereocenters. The topological polar surface area (TPSA) is 94.2 Å². The molecule has 0 aliphatic rings. The summed E-state index contributed by atoms with van der Waals surface area (Å²) in [5.41, 5.74) is 9.54. The first kappa shape index (κ1) is 18.4. The number of aromatic nitrogens is 1.